The lowest BCUT2D eigenvalue weighted by Gasteiger charge is -2.29. The summed E-state index contributed by atoms with van der Waals surface area (Å²) in [5.74, 6) is 0.823. The van der Waals surface area contributed by atoms with Gasteiger partial charge in [-0.05, 0) is 37.6 Å². The summed E-state index contributed by atoms with van der Waals surface area (Å²) in [5.41, 5.74) is 2.66. The number of likely N-dealkylation sites (tertiary alicyclic amines) is 1. The molecule has 172 valence electrons. The number of hydrogen-bond acceptors (Lipinski definition) is 4. The molecule has 0 aliphatic carbocycles. The van der Waals surface area contributed by atoms with E-state index in [0.29, 0.717) is 18.5 Å². The van der Waals surface area contributed by atoms with E-state index in [-0.39, 0.29) is 29.9 Å². The largest absolute Gasteiger partial charge is 0.347 e. The van der Waals surface area contributed by atoms with Crippen molar-refractivity contribution >= 4 is 11.8 Å². The first-order valence-corrected chi connectivity index (χ1v) is 11.2. The van der Waals surface area contributed by atoms with Gasteiger partial charge in [-0.25, -0.2) is 4.98 Å². The third kappa shape index (κ3) is 4.68. The first kappa shape index (κ1) is 22.7. The number of benzene rings is 2. The zero-order chi connectivity index (χ0) is 23.5. The predicted octanol–water partition coefficient (Wildman–Crippen LogP) is 2.87. The highest BCUT2D eigenvalue weighted by Crippen LogP contribution is 2.36. The first-order valence-electron chi connectivity index (χ1n) is 11.2. The number of nitrogens with one attached hydrogen (secondary N) is 1. The Morgan fingerprint density at radius 1 is 1.09 bits per heavy atom. The number of nitrogens with zero attached hydrogens (tertiary/aromatic N) is 4. The van der Waals surface area contributed by atoms with Gasteiger partial charge in [-0.2, -0.15) is 0 Å². The lowest BCUT2D eigenvalue weighted by molar-refractivity contribution is -0.133. The molecule has 1 aliphatic rings. The van der Waals surface area contributed by atoms with E-state index >= 15 is 0 Å². The maximum atomic E-state index is 13.5. The van der Waals surface area contributed by atoms with E-state index in [0.717, 1.165) is 17.0 Å². The number of amides is 2. The van der Waals surface area contributed by atoms with E-state index in [1.165, 1.54) is 0 Å². The van der Waals surface area contributed by atoms with Gasteiger partial charge >= 0.3 is 0 Å². The van der Waals surface area contributed by atoms with Crippen LogP contribution in [0.15, 0.2) is 67.0 Å². The minimum atomic E-state index is -0.292. The fourth-order valence-electron chi connectivity index (χ4n) is 4.72. The number of carbonyl (C=O) groups is 2. The van der Waals surface area contributed by atoms with Crippen molar-refractivity contribution in [2.75, 3.05) is 21.1 Å². The van der Waals surface area contributed by atoms with E-state index < -0.39 is 0 Å². The molecule has 0 spiro atoms. The molecule has 0 saturated carbocycles. The van der Waals surface area contributed by atoms with E-state index in [9.17, 15) is 9.59 Å². The van der Waals surface area contributed by atoms with Crippen LogP contribution in [0.3, 0.4) is 0 Å². The Labute approximate surface area is 195 Å². The van der Waals surface area contributed by atoms with E-state index in [1.807, 2.05) is 67.2 Å². The van der Waals surface area contributed by atoms with Gasteiger partial charge in [0.15, 0.2) is 0 Å². The number of rotatable bonds is 6. The quantitative estimate of drug-likeness (QED) is 0.634. The SMILES string of the molecule is Cc1nccn1Cc1ccccc1C(=O)N[C@@H]1C[C@@H](C(=O)N(C)C)N(C)[C@H]1c1ccccc1. The molecule has 7 nitrogen and oxygen atoms in total. The fourth-order valence-corrected chi connectivity index (χ4v) is 4.72. The third-order valence-electron chi connectivity index (χ3n) is 6.50. The number of aromatic nitrogens is 2. The minimum absolute atomic E-state index is 0.0474. The van der Waals surface area contributed by atoms with Gasteiger partial charge in [-0.3, -0.25) is 14.5 Å². The zero-order valence-corrected chi connectivity index (χ0v) is 19.6. The summed E-state index contributed by atoms with van der Waals surface area (Å²) in [7, 11) is 5.51. The molecule has 2 aromatic carbocycles. The first-order chi connectivity index (χ1) is 15.9. The van der Waals surface area contributed by atoms with Gasteiger partial charge in [0.05, 0.1) is 18.1 Å². The lowest BCUT2D eigenvalue weighted by Crippen LogP contribution is -2.41. The average molecular weight is 446 g/mol. The summed E-state index contributed by atoms with van der Waals surface area (Å²) < 4.78 is 2.02. The Bertz CT molecular complexity index is 1120. The van der Waals surface area contributed by atoms with E-state index in [2.05, 4.69) is 27.3 Å². The smallest absolute Gasteiger partial charge is 0.251 e. The molecule has 0 bridgehead atoms. The fraction of sp³-hybridized carbons (Fsp3) is 0.346. The van der Waals surface area contributed by atoms with Gasteiger partial charge in [0.25, 0.3) is 5.91 Å². The maximum Gasteiger partial charge on any atom is 0.251 e. The molecule has 1 saturated heterocycles. The molecule has 1 N–H and O–H groups in total. The molecule has 3 aromatic rings. The number of likely N-dealkylation sites (N-methyl/N-ethyl adjacent to an activating group) is 2. The predicted molar refractivity (Wildman–Crippen MR) is 128 cm³/mol. The molecule has 3 atom stereocenters. The summed E-state index contributed by atoms with van der Waals surface area (Å²) >= 11 is 0. The van der Waals surface area contributed by atoms with Gasteiger partial charge in [0.2, 0.25) is 5.91 Å². The van der Waals surface area contributed by atoms with Crippen LogP contribution in [0.4, 0.5) is 0 Å². The molecule has 1 aromatic heterocycles. The topological polar surface area (TPSA) is 70.5 Å². The number of imidazole rings is 1. The molecule has 1 aliphatic heterocycles. The van der Waals surface area contributed by atoms with Gasteiger partial charge in [0, 0.05) is 38.6 Å². The van der Waals surface area contributed by atoms with Crippen LogP contribution in [0.25, 0.3) is 0 Å². The summed E-state index contributed by atoms with van der Waals surface area (Å²) in [4.78, 5) is 34.3. The Hall–Kier alpha value is -3.45. The van der Waals surface area contributed by atoms with Crippen LogP contribution in [-0.4, -0.2) is 64.4 Å². The van der Waals surface area contributed by atoms with Crippen LogP contribution < -0.4 is 5.32 Å². The van der Waals surface area contributed by atoms with E-state index in [4.69, 9.17) is 0 Å². The second-order valence-electron chi connectivity index (χ2n) is 8.84. The van der Waals surface area contributed by atoms with Gasteiger partial charge < -0.3 is 14.8 Å². The Kier molecular flexibility index (Phi) is 6.60. The summed E-state index contributed by atoms with van der Waals surface area (Å²) in [6.07, 6.45) is 4.24. The molecule has 2 heterocycles. The Morgan fingerprint density at radius 3 is 2.45 bits per heavy atom. The molecular formula is C26H31N5O2. The van der Waals surface area contributed by atoms with Crippen molar-refractivity contribution < 1.29 is 9.59 Å². The Balaban J connectivity index is 1.61. The van der Waals surface area contributed by atoms with Crippen LogP contribution in [0.1, 0.15) is 39.8 Å². The molecule has 4 rings (SSSR count). The van der Waals surface area contributed by atoms with Crippen molar-refractivity contribution in [1.29, 1.82) is 0 Å². The van der Waals surface area contributed by atoms with E-state index in [1.54, 1.807) is 25.2 Å². The van der Waals surface area contributed by atoms with Gasteiger partial charge in [0.1, 0.15) is 5.82 Å². The second-order valence-corrected chi connectivity index (χ2v) is 8.84. The van der Waals surface area contributed by atoms with Gasteiger partial charge in [-0.15, -0.1) is 0 Å². The highest BCUT2D eigenvalue weighted by Gasteiger charge is 2.44. The third-order valence-corrected chi connectivity index (χ3v) is 6.50. The minimum Gasteiger partial charge on any atom is -0.347 e. The van der Waals surface area contributed by atoms with Crippen molar-refractivity contribution in [1.82, 2.24) is 24.7 Å². The van der Waals surface area contributed by atoms with Crippen LogP contribution in [0.5, 0.6) is 0 Å². The second kappa shape index (κ2) is 9.58. The summed E-state index contributed by atoms with van der Waals surface area (Å²) in [5, 5.41) is 3.26. The standard InChI is InChI=1S/C26H31N5O2/c1-18-27-14-15-31(18)17-20-12-8-9-13-21(20)25(32)28-22-16-23(26(33)29(2)3)30(4)24(22)19-10-6-5-7-11-19/h5-15,22-24H,16-17H2,1-4H3,(H,28,32)/t22-,23+,24+/m1/s1. The normalized spacial score (nSPS) is 20.5. The maximum absolute atomic E-state index is 13.5. The van der Waals surface area contributed by atoms with Crippen LogP contribution >= 0.6 is 0 Å². The van der Waals surface area contributed by atoms with Crippen LogP contribution in [0, 0.1) is 6.92 Å². The van der Waals surface area contributed by atoms with Crippen molar-refractivity contribution in [2.24, 2.45) is 0 Å². The molecule has 0 radical (unpaired) electrons. The lowest BCUT2D eigenvalue weighted by atomic mass is 9.98. The average Bonchev–Trinajstić information content (AvgIpc) is 3.36. The van der Waals surface area contributed by atoms with Crippen LogP contribution in [-0.2, 0) is 11.3 Å². The highest BCUT2D eigenvalue weighted by atomic mass is 16.2. The number of aryl methyl sites for hydroxylation is 1. The zero-order valence-electron chi connectivity index (χ0n) is 19.6. The molecule has 7 heteroatoms. The number of carbonyl (C=O) groups excluding carboxylic acids is 2. The number of hydrogen-bond donors (Lipinski definition) is 1. The van der Waals surface area contributed by atoms with Crippen molar-refractivity contribution in [3.8, 4) is 0 Å². The molecule has 2 amide bonds. The summed E-state index contributed by atoms with van der Waals surface area (Å²) in [6, 6.07) is 17.1. The van der Waals surface area contributed by atoms with Crippen molar-refractivity contribution in [3.05, 3.63) is 89.5 Å². The molecule has 33 heavy (non-hydrogen) atoms. The van der Waals surface area contributed by atoms with Crippen molar-refractivity contribution in [3.63, 3.8) is 0 Å². The van der Waals surface area contributed by atoms with Gasteiger partial charge in [-0.1, -0.05) is 48.5 Å². The monoisotopic (exact) mass is 445 g/mol. The molecular weight excluding hydrogens is 414 g/mol. The van der Waals surface area contributed by atoms with Crippen LogP contribution in [0.2, 0.25) is 0 Å². The summed E-state index contributed by atoms with van der Waals surface area (Å²) in [6.45, 7) is 2.52. The molecule has 1 fully saturated rings. The Morgan fingerprint density at radius 2 is 1.79 bits per heavy atom. The van der Waals surface area contributed by atoms with Crippen molar-refractivity contribution in [2.45, 2.75) is 38.0 Å². The molecule has 0 unspecified atom stereocenters. The highest BCUT2D eigenvalue weighted by molar-refractivity contribution is 5.96.